The maximum atomic E-state index is 5.24. The lowest BCUT2D eigenvalue weighted by Crippen LogP contribution is -2.28. The van der Waals surface area contributed by atoms with Crippen LogP contribution in [0.15, 0.2) is 162 Å². The van der Waals surface area contributed by atoms with Gasteiger partial charge in [0.25, 0.3) is 0 Å². The number of aliphatic imine (C=N–C) groups is 1. The summed E-state index contributed by atoms with van der Waals surface area (Å²) < 4.78 is 0. The molecule has 0 aromatic heterocycles. The molecule has 0 spiro atoms. The number of nitrogens with zero attached hydrogens (tertiary/aromatic N) is 1. The van der Waals surface area contributed by atoms with Gasteiger partial charge in [0.05, 0.1) is 5.41 Å². The van der Waals surface area contributed by atoms with Crippen molar-refractivity contribution in [3.63, 3.8) is 0 Å². The Kier molecular flexibility index (Phi) is 6.19. The zero-order valence-electron chi connectivity index (χ0n) is 24.4. The zero-order valence-corrected chi connectivity index (χ0v) is 24.4. The quantitative estimate of drug-likeness (QED) is 0.207. The van der Waals surface area contributed by atoms with E-state index in [1.54, 1.807) is 0 Å². The van der Waals surface area contributed by atoms with Crippen LogP contribution in [0.5, 0.6) is 0 Å². The number of dihydropyridines is 1. The molecule has 0 fully saturated rings. The Bertz CT molecular complexity index is 1930. The van der Waals surface area contributed by atoms with Gasteiger partial charge in [0.2, 0.25) is 0 Å². The van der Waals surface area contributed by atoms with E-state index in [2.05, 4.69) is 159 Å². The average Bonchev–Trinajstić information content (AvgIpc) is 3.39. The van der Waals surface area contributed by atoms with Crippen LogP contribution in [-0.2, 0) is 5.41 Å². The van der Waals surface area contributed by atoms with Crippen LogP contribution in [0.25, 0.3) is 16.7 Å². The fraction of sp³-hybridized carbons (Fsp3) is 0.119. The van der Waals surface area contributed by atoms with Crippen molar-refractivity contribution in [1.82, 2.24) is 0 Å². The van der Waals surface area contributed by atoms with Crippen molar-refractivity contribution in [2.75, 3.05) is 0 Å². The summed E-state index contributed by atoms with van der Waals surface area (Å²) in [5, 5.41) is 0. The molecule has 1 atom stereocenters. The molecule has 5 aromatic rings. The smallest absolute Gasteiger partial charge is 0.0713 e. The summed E-state index contributed by atoms with van der Waals surface area (Å²) in [4.78, 5) is 5.24. The molecule has 3 aliphatic rings. The minimum atomic E-state index is -0.394. The first kappa shape index (κ1) is 25.7. The molecule has 206 valence electrons. The highest BCUT2D eigenvalue weighted by Crippen LogP contribution is 2.58. The molecule has 1 nitrogen and oxygen atoms in total. The Morgan fingerprint density at radius 3 is 2.02 bits per heavy atom. The minimum absolute atomic E-state index is 0.207. The Labute approximate surface area is 254 Å². The monoisotopic (exact) mass is 551 g/mol. The first-order valence-corrected chi connectivity index (χ1v) is 15.3. The Balaban J connectivity index is 1.40. The highest BCUT2D eigenvalue weighted by molar-refractivity contribution is 6.26. The van der Waals surface area contributed by atoms with E-state index in [-0.39, 0.29) is 5.92 Å². The van der Waals surface area contributed by atoms with E-state index in [0.717, 1.165) is 18.5 Å². The van der Waals surface area contributed by atoms with Gasteiger partial charge in [0.1, 0.15) is 0 Å². The highest BCUT2D eigenvalue weighted by Gasteiger charge is 2.47. The van der Waals surface area contributed by atoms with Crippen LogP contribution in [0.2, 0.25) is 0 Å². The highest BCUT2D eigenvalue weighted by atomic mass is 14.8. The van der Waals surface area contributed by atoms with Gasteiger partial charge in [-0.05, 0) is 68.6 Å². The van der Waals surface area contributed by atoms with Crippen molar-refractivity contribution in [1.29, 1.82) is 0 Å². The van der Waals surface area contributed by atoms with Crippen LogP contribution < -0.4 is 0 Å². The molecule has 8 rings (SSSR count). The van der Waals surface area contributed by atoms with Crippen molar-refractivity contribution in [2.24, 2.45) is 4.99 Å². The molecule has 1 heterocycles. The van der Waals surface area contributed by atoms with E-state index >= 15 is 0 Å². The Hall–Kier alpha value is -5.01. The lowest BCUT2D eigenvalue weighted by molar-refractivity contribution is 0.765. The van der Waals surface area contributed by atoms with E-state index in [9.17, 15) is 0 Å². The molecule has 1 heteroatoms. The van der Waals surface area contributed by atoms with Gasteiger partial charge in [-0.25, -0.2) is 0 Å². The summed E-state index contributed by atoms with van der Waals surface area (Å²) in [6, 6.07) is 47.3. The number of hydrogen-bond donors (Lipinski definition) is 0. The number of hydrogen-bond acceptors (Lipinski definition) is 1. The van der Waals surface area contributed by atoms with E-state index in [0.29, 0.717) is 0 Å². The van der Waals surface area contributed by atoms with Crippen molar-refractivity contribution in [3.8, 4) is 11.1 Å². The largest absolute Gasteiger partial charge is 0.257 e. The van der Waals surface area contributed by atoms with Crippen LogP contribution in [0.1, 0.15) is 64.6 Å². The first-order valence-electron chi connectivity index (χ1n) is 15.3. The second-order valence-corrected chi connectivity index (χ2v) is 11.7. The minimum Gasteiger partial charge on any atom is -0.257 e. The third-order valence-electron chi connectivity index (χ3n) is 9.50. The van der Waals surface area contributed by atoms with E-state index < -0.39 is 5.41 Å². The average molecular weight is 552 g/mol. The maximum Gasteiger partial charge on any atom is 0.0713 e. The van der Waals surface area contributed by atoms with Crippen LogP contribution >= 0.6 is 0 Å². The fourth-order valence-corrected chi connectivity index (χ4v) is 7.78. The third-order valence-corrected chi connectivity index (χ3v) is 9.50. The van der Waals surface area contributed by atoms with Gasteiger partial charge in [0.15, 0.2) is 0 Å². The van der Waals surface area contributed by atoms with Gasteiger partial charge in [-0.1, -0.05) is 146 Å². The van der Waals surface area contributed by atoms with E-state index in [1.165, 1.54) is 61.4 Å². The lowest BCUT2D eigenvalue weighted by Gasteiger charge is -2.35. The maximum absolute atomic E-state index is 5.24. The van der Waals surface area contributed by atoms with Crippen molar-refractivity contribution < 1.29 is 0 Å². The summed E-state index contributed by atoms with van der Waals surface area (Å²) in [7, 11) is 0. The third kappa shape index (κ3) is 3.88. The standard InChI is InChI=1S/C42H33N/c1-2-3-19-31-26-27-34-32-20-10-11-21-33(32)37(28-40(34)43-31)35-23-14-25-39-41(35)36-22-12-13-24-38(36)42(39,29-15-6-4-7-16-29)30-17-8-5-9-18-30/h2-25,27,37H,26,28H2,1H3/b3-2-,31-19+. The molecule has 1 aliphatic heterocycles. The summed E-state index contributed by atoms with van der Waals surface area (Å²) >= 11 is 0. The van der Waals surface area contributed by atoms with Gasteiger partial charge in [0, 0.05) is 30.2 Å². The second kappa shape index (κ2) is 10.4. The van der Waals surface area contributed by atoms with Crippen LogP contribution in [0.3, 0.4) is 0 Å². The molecule has 43 heavy (non-hydrogen) atoms. The molecule has 0 N–H and O–H groups in total. The van der Waals surface area contributed by atoms with Gasteiger partial charge in [-0.2, -0.15) is 0 Å². The molecule has 2 aliphatic carbocycles. The SMILES string of the molecule is C/C=C\C=C1/CC=C2C(=N1)CC(c1cccc3c1-c1ccccc1C3(c1ccccc1)c1ccccc1)c1ccccc12. The van der Waals surface area contributed by atoms with Gasteiger partial charge < -0.3 is 0 Å². The van der Waals surface area contributed by atoms with Crippen LogP contribution in [0.4, 0.5) is 0 Å². The number of rotatable bonds is 4. The molecule has 0 radical (unpaired) electrons. The Morgan fingerprint density at radius 2 is 1.28 bits per heavy atom. The topological polar surface area (TPSA) is 12.4 Å². The van der Waals surface area contributed by atoms with Crippen LogP contribution in [0, 0.1) is 0 Å². The summed E-state index contributed by atoms with van der Waals surface area (Å²) in [6.07, 6.45) is 10.5. The van der Waals surface area contributed by atoms with Crippen LogP contribution in [-0.4, -0.2) is 5.71 Å². The predicted molar refractivity (Wildman–Crippen MR) is 180 cm³/mol. The van der Waals surface area contributed by atoms with E-state index in [4.69, 9.17) is 4.99 Å². The molecule has 1 unspecified atom stereocenters. The molecule has 5 aromatic carbocycles. The van der Waals surface area contributed by atoms with E-state index in [1.807, 2.05) is 0 Å². The Morgan fingerprint density at radius 1 is 0.651 bits per heavy atom. The molecule has 0 amide bonds. The van der Waals surface area contributed by atoms with Gasteiger partial charge >= 0.3 is 0 Å². The summed E-state index contributed by atoms with van der Waals surface area (Å²) in [5.74, 6) is 0.207. The molecular formula is C42H33N. The summed E-state index contributed by atoms with van der Waals surface area (Å²) in [5.41, 5.74) is 15.4. The fourth-order valence-electron chi connectivity index (χ4n) is 7.78. The molecule has 0 saturated heterocycles. The summed E-state index contributed by atoms with van der Waals surface area (Å²) in [6.45, 7) is 2.06. The van der Waals surface area contributed by atoms with Crippen molar-refractivity contribution >= 4 is 11.3 Å². The first-order chi connectivity index (χ1) is 21.3. The zero-order chi connectivity index (χ0) is 28.8. The normalized spacial score (nSPS) is 18.8. The number of benzene rings is 5. The second-order valence-electron chi connectivity index (χ2n) is 11.7. The lowest BCUT2D eigenvalue weighted by atomic mass is 9.67. The molecule has 0 saturated carbocycles. The van der Waals surface area contributed by atoms with Gasteiger partial charge in [-0.15, -0.1) is 0 Å². The van der Waals surface area contributed by atoms with Crippen molar-refractivity contribution in [3.05, 3.63) is 196 Å². The number of allylic oxidation sites excluding steroid dienone is 5. The molecule has 0 bridgehead atoms. The van der Waals surface area contributed by atoms with Gasteiger partial charge in [-0.3, -0.25) is 4.99 Å². The molecular weight excluding hydrogens is 518 g/mol. The number of fused-ring (bicyclic) bond motifs is 6. The van der Waals surface area contributed by atoms with Crippen molar-refractivity contribution in [2.45, 2.75) is 31.1 Å². The predicted octanol–water partition coefficient (Wildman–Crippen LogP) is 10.3.